The normalized spacial score (nSPS) is 15.8. The Morgan fingerprint density at radius 2 is 2.00 bits per heavy atom. The summed E-state index contributed by atoms with van der Waals surface area (Å²) >= 11 is 0. The molecule has 0 saturated carbocycles. The summed E-state index contributed by atoms with van der Waals surface area (Å²) < 4.78 is 23.3. The predicted octanol–water partition coefficient (Wildman–Crippen LogP) is 0.678. The summed E-state index contributed by atoms with van der Waals surface area (Å²) in [6.45, 7) is -0.137. The molecule has 0 spiro atoms. The highest BCUT2D eigenvalue weighted by molar-refractivity contribution is 8.14. The summed E-state index contributed by atoms with van der Waals surface area (Å²) in [5.74, 6) is -0.304. The summed E-state index contributed by atoms with van der Waals surface area (Å²) in [7, 11) is 1.36. The molecule has 15 heavy (non-hydrogen) atoms. The molecule has 0 fully saturated rings. The van der Waals surface area contributed by atoms with Crippen LogP contribution in [0.1, 0.15) is 10.4 Å². The average molecular weight is 247 g/mol. The molecule has 80 valence electrons. The molecule has 1 aliphatic rings. The van der Waals surface area contributed by atoms with Gasteiger partial charge in [-0.3, -0.25) is 4.79 Å². The van der Waals surface area contributed by atoms with Crippen LogP contribution >= 0.6 is 10.7 Å². The van der Waals surface area contributed by atoms with Crippen molar-refractivity contribution in [1.82, 2.24) is 5.32 Å². The van der Waals surface area contributed by atoms with E-state index < -0.39 is 9.24 Å². The van der Waals surface area contributed by atoms with Gasteiger partial charge in [0.05, 0.1) is 11.3 Å². The first-order valence-corrected chi connectivity index (χ1v) is 6.36. The number of hydrogen-bond acceptors (Lipinski definition) is 3. The van der Waals surface area contributed by atoms with Crippen molar-refractivity contribution >= 4 is 31.5 Å². The van der Waals surface area contributed by atoms with Crippen molar-refractivity contribution in [3.63, 3.8) is 0 Å². The number of fused-ring (bicyclic) bond motifs is 1. The number of hydrogen-bond donors (Lipinski definition) is 1. The van der Waals surface area contributed by atoms with Gasteiger partial charge in [0.25, 0.3) is 5.91 Å². The number of nitrogens with one attached hydrogen (secondary N) is 1. The molecule has 1 amide bonds. The Bertz CT molecular complexity index is 514. The smallest absolute Gasteiger partial charge is 0.323 e. The first-order valence-electron chi connectivity index (χ1n) is 4.10. The van der Waals surface area contributed by atoms with Gasteiger partial charge in [0.2, 0.25) is 0 Å². The number of anilines is 1. The van der Waals surface area contributed by atoms with Gasteiger partial charge in [-0.15, -0.1) is 0 Å². The van der Waals surface area contributed by atoms with Crippen molar-refractivity contribution in [2.75, 3.05) is 11.0 Å². The lowest BCUT2D eigenvalue weighted by Crippen LogP contribution is -2.44. The highest BCUT2D eigenvalue weighted by Gasteiger charge is 2.28. The number of carbonyl (C=O) groups excluding carboxylic acids is 1. The molecule has 0 unspecified atom stereocenters. The second-order valence-corrected chi connectivity index (χ2v) is 5.41. The Morgan fingerprint density at radius 3 is 2.67 bits per heavy atom. The number of rotatable bonds is 1. The van der Waals surface area contributed by atoms with Crippen LogP contribution in [0.4, 0.5) is 5.69 Å². The van der Waals surface area contributed by atoms with Crippen LogP contribution in [0.25, 0.3) is 0 Å². The third kappa shape index (κ3) is 1.78. The highest BCUT2D eigenvalue weighted by Crippen LogP contribution is 2.26. The topological polar surface area (TPSA) is 66.5 Å². The number of amides is 1. The molecule has 0 aliphatic carbocycles. The summed E-state index contributed by atoms with van der Waals surface area (Å²) in [4.78, 5) is 11.4. The van der Waals surface area contributed by atoms with Crippen LogP contribution in [0.5, 0.6) is 0 Å². The van der Waals surface area contributed by atoms with Crippen LogP contribution in [0.15, 0.2) is 24.3 Å². The average Bonchev–Trinajstić information content (AvgIpc) is 2.17. The van der Waals surface area contributed by atoms with Gasteiger partial charge in [-0.1, -0.05) is 12.1 Å². The second kappa shape index (κ2) is 3.39. The number of halogens is 1. The lowest BCUT2D eigenvalue weighted by Gasteiger charge is -2.27. The van der Waals surface area contributed by atoms with E-state index in [2.05, 4.69) is 5.32 Å². The Balaban J connectivity index is 2.59. The Kier molecular flexibility index (Phi) is 2.32. The third-order valence-corrected chi connectivity index (χ3v) is 3.42. The highest BCUT2D eigenvalue weighted by atomic mass is 35.7. The van der Waals surface area contributed by atoms with Crippen molar-refractivity contribution in [3.05, 3.63) is 29.8 Å². The van der Waals surface area contributed by atoms with E-state index in [9.17, 15) is 13.2 Å². The quantitative estimate of drug-likeness (QED) is 0.741. The van der Waals surface area contributed by atoms with Gasteiger partial charge >= 0.3 is 9.24 Å². The number of nitrogens with zero attached hydrogens (tertiary/aromatic N) is 1. The molecule has 5 nitrogen and oxygen atoms in total. The fourth-order valence-corrected chi connectivity index (χ4v) is 2.38. The van der Waals surface area contributed by atoms with Gasteiger partial charge in [0.1, 0.15) is 6.67 Å². The molecule has 0 atom stereocenters. The lowest BCUT2D eigenvalue weighted by atomic mass is 10.1. The lowest BCUT2D eigenvalue weighted by molar-refractivity contribution is 0.0950. The van der Waals surface area contributed by atoms with E-state index >= 15 is 0 Å². The number of carbonyl (C=O) groups is 1. The first-order chi connectivity index (χ1) is 7.00. The van der Waals surface area contributed by atoms with Crippen LogP contribution < -0.4 is 9.62 Å². The van der Waals surface area contributed by atoms with Gasteiger partial charge in [-0.05, 0) is 12.1 Å². The van der Waals surface area contributed by atoms with E-state index in [4.69, 9.17) is 10.7 Å². The largest absolute Gasteiger partial charge is 0.333 e. The molecular weight excluding hydrogens is 240 g/mol. The first kappa shape index (κ1) is 10.3. The maximum atomic E-state index is 11.4. The standard InChI is InChI=1S/C8H7ClN2O3S/c9-15(13,14)11-5-10-8(12)6-3-1-2-4-7(6)11/h1-4H,5H2,(H,10,12). The number of para-hydroxylation sites is 1. The molecule has 1 N–H and O–H groups in total. The fraction of sp³-hybridized carbons (Fsp3) is 0.125. The van der Waals surface area contributed by atoms with Crippen molar-refractivity contribution in [2.24, 2.45) is 0 Å². The molecular formula is C8H7ClN2O3S. The zero-order chi connectivity index (χ0) is 11.1. The molecule has 2 rings (SSSR count). The van der Waals surface area contributed by atoms with Crippen molar-refractivity contribution in [3.8, 4) is 0 Å². The summed E-state index contributed by atoms with van der Waals surface area (Å²) in [6.07, 6.45) is 0. The minimum Gasteiger partial charge on any atom is -0.333 e. The van der Waals surface area contributed by atoms with E-state index in [1.165, 1.54) is 6.07 Å². The Hall–Kier alpha value is -1.27. The van der Waals surface area contributed by atoms with Crippen LogP contribution in [-0.2, 0) is 9.24 Å². The molecule has 1 aliphatic heterocycles. The minimum absolute atomic E-state index is 0.137. The molecule has 0 radical (unpaired) electrons. The predicted molar refractivity (Wildman–Crippen MR) is 56.0 cm³/mol. The van der Waals surface area contributed by atoms with Crippen LogP contribution in [0.3, 0.4) is 0 Å². The Labute approximate surface area is 91.2 Å². The van der Waals surface area contributed by atoms with Gasteiger partial charge in [-0.25, -0.2) is 4.31 Å². The molecule has 0 saturated heterocycles. The molecule has 1 aromatic carbocycles. The van der Waals surface area contributed by atoms with Gasteiger partial charge < -0.3 is 5.32 Å². The van der Waals surface area contributed by atoms with Crippen LogP contribution in [-0.4, -0.2) is 21.0 Å². The second-order valence-electron chi connectivity index (χ2n) is 2.97. The van der Waals surface area contributed by atoms with E-state index in [1.54, 1.807) is 18.2 Å². The molecule has 1 heterocycles. The van der Waals surface area contributed by atoms with Crippen LogP contribution in [0, 0.1) is 0 Å². The summed E-state index contributed by atoms with van der Waals surface area (Å²) in [6, 6.07) is 6.38. The third-order valence-electron chi connectivity index (χ3n) is 2.06. The molecule has 7 heteroatoms. The SMILES string of the molecule is O=C1NCN(S(=O)(=O)Cl)c2ccccc21. The molecule has 0 bridgehead atoms. The van der Waals surface area contributed by atoms with Crippen molar-refractivity contribution < 1.29 is 13.2 Å². The maximum absolute atomic E-state index is 11.4. The summed E-state index contributed by atoms with van der Waals surface area (Å²) in [5, 5.41) is 2.42. The zero-order valence-electron chi connectivity index (χ0n) is 7.47. The van der Waals surface area contributed by atoms with Crippen molar-refractivity contribution in [1.29, 1.82) is 0 Å². The van der Waals surface area contributed by atoms with Crippen LogP contribution in [0.2, 0.25) is 0 Å². The molecule has 1 aromatic rings. The minimum atomic E-state index is -3.87. The maximum Gasteiger partial charge on any atom is 0.323 e. The van der Waals surface area contributed by atoms with E-state index in [0.717, 1.165) is 4.31 Å². The van der Waals surface area contributed by atoms with Gasteiger partial charge in [-0.2, -0.15) is 8.42 Å². The van der Waals surface area contributed by atoms with Gasteiger partial charge in [0.15, 0.2) is 0 Å². The number of benzene rings is 1. The Morgan fingerprint density at radius 1 is 1.33 bits per heavy atom. The van der Waals surface area contributed by atoms with E-state index in [0.29, 0.717) is 11.3 Å². The zero-order valence-corrected chi connectivity index (χ0v) is 9.05. The monoisotopic (exact) mass is 246 g/mol. The van der Waals surface area contributed by atoms with Crippen molar-refractivity contribution in [2.45, 2.75) is 0 Å². The van der Waals surface area contributed by atoms with E-state index in [-0.39, 0.29) is 12.6 Å². The fourth-order valence-electron chi connectivity index (χ4n) is 1.40. The van der Waals surface area contributed by atoms with Gasteiger partial charge in [0, 0.05) is 10.7 Å². The summed E-state index contributed by atoms with van der Waals surface area (Å²) in [5.41, 5.74) is 0.601. The van der Waals surface area contributed by atoms with E-state index in [1.807, 2.05) is 0 Å². The molecule has 0 aromatic heterocycles.